The quantitative estimate of drug-likeness (QED) is 0.760. The van der Waals surface area contributed by atoms with Gasteiger partial charge in [-0.2, -0.15) is 0 Å². The predicted molar refractivity (Wildman–Crippen MR) is 86.3 cm³/mol. The first-order valence-electron chi connectivity index (χ1n) is 7.11. The number of sulfone groups is 1. The Morgan fingerprint density at radius 1 is 1.00 bits per heavy atom. The molecule has 0 aliphatic heterocycles. The number of aromatic nitrogens is 1. The van der Waals surface area contributed by atoms with Gasteiger partial charge in [0.15, 0.2) is 5.44 Å². The number of hydrogen-bond acceptors (Lipinski definition) is 3. The summed E-state index contributed by atoms with van der Waals surface area (Å²) in [5, 5.41) is 11.2. The summed E-state index contributed by atoms with van der Waals surface area (Å²) in [6.45, 7) is 0. The summed E-state index contributed by atoms with van der Waals surface area (Å²) in [5.41, 5.74) is 0.624. The monoisotopic (exact) mass is 315 g/mol. The zero-order valence-electron chi connectivity index (χ0n) is 11.9. The third kappa shape index (κ3) is 2.77. The molecule has 22 heavy (non-hydrogen) atoms. The van der Waals surface area contributed by atoms with Crippen LogP contribution >= 0.6 is 0 Å². The highest BCUT2D eigenvalue weighted by molar-refractivity contribution is 7.91. The normalized spacial score (nSPS) is 13.3. The standard InChI is InChI=1S/C17H17NO3S/c19-17(22(20,21)14-6-2-1-3-7-14)11-10-13-12-18-16-9-5-4-8-15(13)16/h1-9,12,17-19H,10-11H2. The van der Waals surface area contributed by atoms with Gasteiger partial charge < -0.3 is 10.1 Å². The van der Waals surface area contributed by atoms with Crippen molar-refractivity contribution in [3.05, 3.63) is 66.4 Å². The number of hydrogen-bond donors (Lipinski definition) is 2. The summed E-state index contributed by atoms with van der Waals surface area (Å²) in [7, 11) is -3.70. The second kappa shape index (κ2) is 5.94. The Bertz CT molecular complexity index is 869. The molecule has 1 unspecified atom stereocenters. The fraction of sp³-hybridized carbons (Fsp3) is 0.176. The maximum absolute atomic E-state index is 12.3. The number of rotatable bonds is 5. The molecular formula is C17H17NO3S. The lowest BCUT2D eigenvalue weighted by molar-refractivity contribution is 0.239. The van der Waals surface area contributed by atoms with E-state index in [0.717, 1.165) is 16.5 Å². The van der Waals surface area contributed by atoms with Crippen LogP contribution in [0, 0.1) is 0 Å². The van der Waals surface area contributed by atoms with Crippen LogP contribution in [0.4, 0.5) is 0 Å². The highest BCUT2D eigenvalue weighted by Gasteiger charge is 2.24. The van der Waals surface area contributed by atoms with Crippen LogP contribution in [0.1, 0.15) is 12.0 Å². The molecule has 0 spiro atoms. The van der Waals surface area contributed by atoms with Gasteiger partial charge in [-0.15, -0.1) is 0 Å². The number of aromatic amines is 1. The zero-order chi connectivity index (χ0) is 15.6. The first-order chi connectivity index (χ1) is 10.6. The summed E-state index contributed by atoms with van der Waals surface area (Å²) in [6.07, 6.45) is 2.53. The van der Waals surface area contributed by atoms with E-state index in [9.17, 15) is 13.5 Å². The van der Waals surface area contributed by atoms with Gasteiger partial charge in [0, 0.05) is 17.1 Å². The lowest BCUT2D eigenvalue weighted by Gasteiger charge is -2.11. The highest BCUT2D eigenvalue weighted by atomic mass is 32.2. The van der Waals surface area contributed by atoms with Crippen molar-refractivity contribution in [1.29, 1.82) is 0 Å². The van der Waals surface area contributed by atoms with E-state index in [1.807, 2.05) is 30.5 Å². The predicted octanol–water partition coefficient (Wildman–Crippen LogP) is 2.89. The number of fused-ring (bicyclic) bond motifs is 1. The minimum Gasteiger partial charge on any atom is -0.377 e. The van der Waals surface area contributed by atoms with E-state index >= 15 is 0 Å². The molecule has 0 saturated heterocycles. The van der Waals surface area contributed by atoms with Crippen molar-refractivity contribution in [3.8, 4) is 0 Å². The Balaban J connectivity index is 1.76. The van der Waals surface area contributed by atoms with E-state index in [-0.39, 0.29) is 11.3 Å². The van der Waals surface area contributed by atoms with E-state index in [1.165, 1.54) is 12.1 Å². The van der Waals surface area contributed by atoms with Gasteiger partial charge in [0.1, 0.15) is 0 Å². The third-order valence-corrected chi connectivity index (χ3v) is 5.65. The molecule has 114 valence electrons. The first-order valence-corrected chi connectivity index (χ1v) is 8.65. The van der Waals surface area contributed by atoms with Gasteiger partial charge in [0.25, 0.3) is 0 Å². The molecule has 5 heteroatoms. The summed E-state index contributed by atoms with van der Waals surface area (Å²) in [5.74, 6) is 0. The molecule has 0 bridgehead atoms. The fourth-order valence-corrected chi connectivity index (χ4v) is 3.82. The van der Waals surface area contributed by atoms with E-state index in [4.69, 9.17) is 0 Å². The van der Waals surface area contributed by atoms with Crippen LogP contribution in [0.2, 0.25) is 0 Å². The molecule has 4 nitrogen and oxygen atoms in total. The molecular weight excluding hydrogens is 298 g/mol. The number of para-hydroxylation sites is 1. The molecule has 0 radical (unpaired) electrons. The maximum atomic E-state index is 12.3. The minimum absolute atomic E-state index is 0.154. The van der Waals surface area contributed by atoms with E-state index in [2.05, 4.69) is 4.98 Å². The van der Waals surface area contributed by atoms with Crippen molar-refractivity contribution < 1.29 is 13.5 Å². The minimum atomic E-state index is -3.70. The molecule has 0 aliphatic rings. The van der Waals surface area contributed by atoms with Gasteiger partial charge in [-0.3, -0.25) is 0 Å². The average molecular weight is 315 g/mol. The van der Waals surface area contributed by atoms with Crippen molar-refractivity contribution >= 4 is 20.7 Å². The summed E-state index contributed by atoms with van der Waals surface area (Å²) < 4.78 is 24.6. The van der Waals surface area contributed by atoms with E-state index in [0.29, 0.717) is 6.42 Å². The van der Waals surface area contributed by atoms with Crippen LogP contribution in [0.15, 0.2) is 65.7 Å². The number of aryl methyl sites for hydroxylation is 1. The SMILES string of the molecule is O=S(=O)(c1ccccc1)C(O)CCc1c[nH]c2ccccc12. The van der Waals surface area contributed by atoms with Crippen molar-refractivity contribution in [1.82, 2.24) is 4.98 Å². The lowest BCUT2D eigenvalue weighted by Crippen LogP contribution is -2.21. The molecule has 0 saturated carbocycles. The van der Waals surface area contributed by atoms with Gasteiger partial charge >= 0.3 is 0 Å². The van der Waals surface area contributed by atoms with Crippen LogP contribution in [0.3, 0.4) is 0 Å². The van der Waals surface area contributed by atoms with Gasteiger partial charge in [0.05, 0.1) is 4.90 Å². The van der Waals surface area contributed by atoms with Crippen molar-refractivity contribution in [2.75, 3.05) is 0 Å². The average Bonchev–Trinajstić information content (AvgIpc) is 2.96. The van der Waals surface area contributed by atoms with Gasteiger partial charge in [0.2, 0.25) is 9.84 Å². The molecule has 0 fully saturated rings. The van der Waals surface area contributed by atoms with E-state index in [1.54, 1.807) is 18.2 Å². The van der Waals surface area contributed by atoms with Crippen molar-refractivity contribution in [2.45, 2.75) is 23.2 Å². The van der Waals surface area contributed by atoms with Crippen molar-refractivity contribution in [2.24, 2.45) is 0 Å². The zero-order valence-corrected chi connectivity index (χ0v) is 12.8. The summed E-state index contributed by atoms with van der Waals surface area (Å²) in [6, 6.07) is 15.9. The maximum Gasteiger partial charge on any atom is 0.204 e. The lowest BCUT2D eigenvalue weighted by atomic mass is 10.1. The molecule has 1 heterocycles. The third-order valence-electron chi connectivity index (χ3n) is 3.77. The Labute approximate surface area is 129 Å². The largest absolute Gasteiger partial charge is 0.377 e. The number of nitrogens with one attached hydrogen (secondary N) is 1. The highest BCUT2D eigenvalue weighted by Crippen LogP contribution is 2.22. The van der Waals surface area contributed by atoms with Crippen LogP contribution in [0.5, 0.6) is 0 Å². The summed E-state index contributed by atoms with van der Waals surface area (Å²) >= 11 is 0. The van der Waals surface area contributed by atoms with Gasteiger partial charge in [-0.1, -0.05) is 36.4 Å². The fourth-order valence-electron chi connectivity index (χ4n) is 2.54. The number of benzene rings is 2. The van der Waals surface area contributed by atoms with E-state index < -0.39 is 15.3 Å². The Hall–Kier alpha value is -2.11. The molecule has 2 aromatic carbocycles. The Kier molecular flexibility index (Phi) is 4.00. The van der Waals surface area contributed by atoms with Crippen LogP contribution in [-0.2, 0) is 16.3 Å². The molecule has 2 N–H and O–H groups in total. The second-order valence-corrected chi connectivity index (χ2v) is 7.32. The molecule has 0 aliphatic carbocycles. The molecule has 3 rings (SSSR count). The molecule has 1 aromatic heterocycles. The summed E-state index contributed by atoms with van der Waals surface area (Å²) in [4.78, 5) is 3.31. The number of H-pyrrole nitrogens is 1. The molecule has 0 amide bonds. The van der Waals surface area contributed by atoms with Crippen LogP contribution in [-0.4, -0.2) is 23.9 Å². The van der Waals surface area contributed by atoms with Crippen molar-refractivity contribution in [3.63, 3.8) is 0 Å². The number of aliphatic hydroxyl groups excluding tert-OH is 1. The smallest absolute Gasteiger partial charge is 0.204 e. The molecule has 1 atom stereocenters. The van der Waals surface area contributed by atoms with Gasteiger partial charge in [-0.05, 0) is 36.6 Å². The number of aliphatic hydroxyl groups is 1. The van der Waals surface area contributed by atoms with Crippen LogP contribution in [0.25, 0.3) is 10.9 Å². The topological polar surface area (TPSA) is 70.2 Å². The first kappa shape index (κ1) is 14.8. The molecule has 3 aromatic rings. The Morgan fingerprint density at radius 2 is 1.68 bits per heavy atom. The van der Waals surface area contributed by atoms with Crippen LogP contribution < -0.4 is 0 Å². The Morgan fingerprint density at radius 3 is 2.45 bits per heavy atom. The second-order valence-electron chi connectivity index (χ2n) is 5.21. The van der Waals surface area contributed by atoms with Gasteiger partial charge in [-0.25, -0.2) is 8.42 Å².